The third-order valence-corrected chi connectivity index (χ3v) is 5.36. The van der Waals surface area contributed by atoms with E-state index >= 15 is 0 Å². The first kappa shape index (κ1) is 23.6. The molecule has 0 radical (unpaired) electrons. The molecule has 1 aliphatic heterocycles. The summed E-state index contributed by atoms with van der Waals surface area (Å²) in [5.74, 6) is -0.573. The normalized spacial score (nSPS) is 15.7. The lowest BCUT2D eigenvalue weighted by molar-refractivity contribution is -0.139. The van der Waals surface area contributed by atoms with Crippen molar-refractivity contribution < 1.29 is 28.2 Å². The second-order valence-electron chi connectivity index (χ2n) is 7.20. The highest BCUT2D eigenvalue weighted by atomic mass is 32.1. The van der Waals surface area contributed by atoms with Gasteiger partial charge in [0.05, 0.1) is 13.7 Å². The lowest BCUT2D eigenvalue weighted by atomic mass is 10.1. The number of nitrogens with one attached hydrogen (secondary N) is 1. The number of ketones is 1. The standard InChI is InChI=1S/C23H25FN2O5S/c1-29-22(28)12-21(27)16-6-8-18(9-7-16)31-15-19-14-26(10-11-30-19)23(32)25-13-17-4-2-3-5-20(17)24/h2-9,19H,10-15H2,1H3,(H,25,32). The van der Waals surface area contributed by atoms with Crippen molar-refractivity contribution in [3.8, 4) is 5.75 Å². The molecular weight excluding hydrogens is 435 g/mol. The van der Waals surface area contributed by atoms with Crippen molar-refractivity contribution in [3.63, 3.8) is 0 Å². The summed E-state index contributed by atoms with van der Waals surface area (Å²) < 4.78 is 29.8. The van der Waals surface area contributed by atoms with Crippen molar-refractivity contribution in [3.05, 3.63) is 65.5 Å². The van der Waals surface area contributed by atoms with E-state index in [9.17, 15) is 14.0 Å². The van der Waals surface area contributed by atoms with E-state index in [2.05, 4.69) is 10.1 Å². The van der Waals surface area contributed by atoms with Gasteiger partial charge in [0.1, 0.15) is 30.7 Å². The van der Waals surface area contributed by atoms with Crippen LogP contribution in [0.2, 0.25) is 0 Å². The van der Waals surface area contributed by atoms with Gasteiger partial charge in [-0.2, -0.15) is 0 Å². The molecule has 1 fully saturated rings. The molecule has 3 rings (SSSR count). The van der Waals surface area contributed by atoms with E-state index in [0.29, 0.717) is 54.8 Å². The lowest BCUT2D eigenvalue weighted by Crippen LogP contribution is -2.50. The summed E-state index contributed by atoms with van der Waals surface area (Å²) in [6.07, 6.45) is -0.495. The molecule has 32 heavy (non-hydrogen) atoms. The number of morpholine rings is 1. The molecule has 1 atom stereocenters. The molecule has 170 valence electrons. The highest BCUT2D eigenvalue weighted by Gasteiger charge is 2.23. The number of thiocarbonyl (C=S) groups is 1. The fourth-order valence-electron chi connectivity index (χ4n) is 3.16. The number of methoxy groups -OCH3 is 1. The molecule has 1 N–H and O–H groups in total. The van der Waals surface area contributed by atoms with Crippen LogP contribution in [-0.4, -0.2) is 61.3 Å². The number of Topliss-reactive ketones (excluding diaryl/α,β-unsaturated/α-hetero) is 1. The Morgan fingerprint density at radius 2 is 1.97 bits per heavy atom. The Balaban J connectivity index is 1.45. The van der Waals surface area contributed by atoms with Crippen LogP contribution < -0.4 is 10.1 Å². The van der Waals surface area contributed by atoms with Gasteiger partial charge in [-0.3, -0.25) is 9.59 Å². The van der Waals surface area contributed by atoms with Crippen molar-refractivity contribution >= 4 is 29.1 Å². The zero-order chi connectivity index (χ0) is 22.9. The van der Waals surface area contributed by atoms with E-state index in [4.69, 9.17) is 21.7 Å². The van der Waals surface area contributed by atoms with E-state index in [1.807, 2.05) is 4.90 Å². The maximum Gasteiger partial charge on any atom is 0.313 e. The van der Waals surface area contributed by atoms with Gasteiger partial charge in [-0.1, -0.05) is 18.2 Å². The molecule has 0 bridgehead atoms. The van der Waals surface area contributed by atoms with E-state index in [-0.39, 0.29) is 24.1 Å². The number of carbonyl (C=O) groups is 2. The average molecular weight is 461 g/mol. The Bertz CT molecular complexity index is 954. The largest absolute Gasteiger partial charge is 0.491 e. The first-order valence-electron chi connectivity index (χ1n) is 10.2. The van der Waals surface area contributed by atoms with Crippen LogP contribution in [0.25, 0.3) is 0 Å². The predicted molar refractivity (Wildman–Crippen MR) is 120 cm³/mol. The highest BCUT2D eigenvalue weighted by Crippen LogP contribution is 2.16. The van der Waals surface area contributed by atoms with Gasteiger partial charge in [-0.15, -0.1) is 0 Å². The number of halogens is 1. The number of rotatable bonds is 8. The van der Waals surface area contributed by atoms with E-state index < -0.39 is 5.97 Å². The highest BCUT2D eigenvalue weighted by molar-refractivity contribution is 7.80. The smallest absolute Gasteiger partial charge is 0.313 e. The summed E-state index contributed by atoms with van der Waals surface area (Å²) >= 11 is 5.46. The van der Waals surface area contributed by atoms with Crippen LogP contribution >= 0.6 is 12.2 Å². The number of carbonyl (C=O) groups excluding carboxylic acids is 2. The Hall–Kier alpha value is -3.04. The second-order valence-corrected chi connectivity index (χ2v) is 7.59. The Kier molecular flexibility index (Phi) is 8.52. The quantitative estimate of drug-likeness (QED) is 0.279. The summed E-state index contributed by atoms with van der Waals surface area (Å²) in [5.41, 5.74) is 0.964. The Morgan fingerprint density at radius 3 is 2.69 bits per heavy atom. The average Bonchev–Trinajstić information content (AvgIpc) is 2.82. The molecular formula is C23H25FN2O5S. The van der Waals surface area contributed by atoms with Crippen molar-refractivity contribution in [2.24, 2.45) is 0 Å². The summed E-state index contributed by atoms with van der Waals surface area (Å²) in [6.45, 7) is 2.29. The van der Waals surface area contributed by atoms with E-state index in [1.165, 1.54) is 13.2 Å². The molecule has 2 aromatic carbocycles. The van der Waals surface area contributed by atoms with Crippen LogP contribution in [0.15, 0.2) is 48.5 Å². The third-order valence-electron chi connectivity index (χ3n) is 4.96. The van der Waals surface area contributed by atoms with Gasteiger partial charge in [0, 0.05) is 30.8 Å². The fourth-order valence-corrected chi connectivity index (χ4v) is 3.40. The SMILES string of the molecule is COC(=O)CC(=O)c1ccc(OCC2CN(C(=S)NCc3ccccc3F)CCO2)cc1. The van der Waals surface area contributed by atoms with Crippen molar-refractivity contribution in [2.75, 3.05) is 33.4 Å². The van der Waals surface area contributed by atoms with Gasteiger partial charge in [0.25, 0.3) is 0 Å². The molecule has 1 aliphatic rings. The van der Waals surface area contributed by atoms with Crippen LogP contribution in [-0.2, 0) is 20.8 Å². The summed E-state index contributed by atoms with van der Waals surface area (Å²) in [5, 5.41) is 3.63. The van der Waals surface area contributed by atoms with E-state index in [1.54, 1.807) is 42.5 Å². The molecule has 0 aliphatic carbocycles. The number of ether oxygens (including phenoxy) is 3. The fraction of sp³-hybridized carbons (Fsp3) is 0.348. The van der Waals surface area contributed by atoms with Crippen molar-refractivity contribution in [1.82, 2.24) is 10.2 Å². The lowest BCUT2D eigenvalue weighted by Gasteiger charge is -2.34. The zero-order valence-electron chi connectivity index (χ0n) is 17.7. The van der Waals surface area contributed by atoms with Gasteiger partial charge >= 0.3 is 5.97 Å². The van der Waals surface area contributed by atoms with Crippen LogP contribution in [0.1, 0.15) is 22.3 Å². The maximum atomic E-state index is 13.8. The number of hydrogen-bond donors (Lipinski definition) is 1. The number of esters is 1. The molecule has 1 saturated heterocycles. The Labute approximate surface area is 191 Å². The number of nitrogens with zero attached hydrogens (tertiary/aromatic N) is 1. The predicted octanol–water partition coefficient (Wildman–Crippen LogP) is 2.73. The van der Waals surface area contributed by atoms with E-state index in [0.717, 1.165) is 0 Å². The number of hydrogen-bond acceptors (Lipinski definition) is 6. The minimum atomic E-state index is -0.573. The second kappa shape index (κ2) is 11.5. The molecule has 0 amide bonds. The van der Waals surface area contributed by atoms with Crippen molar-refractivity contribution in [2.45, 2.75) is 19.1 Å². The molecule has 7 nitrogen and oxygen atoms in total. The van der Waals surface area contributed by atoms with Gasteiger partial charge < -0.3 is 24.4 Å². The molecule has 0 saturated carbocycles. The van der Waals surface area contributed by atoms with Crippen LogP contribution in [0.3, 0.4) is 0 Å². The zero-order valence-corrected chi connectivity index (χ0v) is 18.5. The summed E-state index contributed by atoms with van der Waals surface area (Å²) in [6, 6.07) is 13.1. The first-order valence-corrected chi connectivity index (χ1v) is 10.6. The monoisotopic (exact) mass is 460 g/mol. The van der Waals surface area contributed by atoms with Gasteiger partial charge in [-0.05, 0) is 42.5 Å². The summed E-state index contributed by atoms with van der Waals surface area (Å²) in [4.78, 5) is 25.2. The minimum absolute atomic E-state index is 0.197. The molecule has 1 unspecified atom stereocenters. The third kappa shape index (κ3) is 6.73. The maximum absolute atomic E-state index is 13.8. The molecule has 1 heterocycles. The molecule has 0 spiro atoms. The number of benzene rings is 2. The van der Waals surface area contributed by atoms with Gasteiger partial charge in [0.15, 0.2) is 10.9 Å². The van der Waals surface area contributed by atoms with Gasteiger partial charge in [0.2, 0.25) is 0 Å². The van der Waals surface area contributed by atoms with Crippen LogP contribution in [0, 0.1) is 5.82 Å². The minimum Gasteiger partial charge on any atom is -0.491 e. The topological polar surface area (TPSA) is 77.1 Å². The van der Waals surface area contributed by atoms with Crippen LogP contribution in [0.4, 0.5) is 4.39 Å². The van der Waals surface area contributed by atoms with Gasteiger partial charge in [-0.25, -0.2) is 4.39 Å². The Morgan fingerprint density at radius 1 is 1.22 bits per heavy atom. The van der Waals surface area contributed by atoms with Crippen LogP contribution in [0.5, 0.6) is 5.75 Å². The first-order chi connectivity index (χ1) is 15.5. The van der Waals surface area contributed by atoms with Crippen molar-refractivity contribution in [1.29, 1.82) is 0 Å². The molecule has 0 aromatic heterocycles. The molecule has 2 aromatic rings. The molecule has 9 heteroatoms. The summed E-state index contributed by atoms with van der Waals surface area (Å²) in [7, 11) is 1.24.